The summed E-state index contributed by atoms with van der Waals surface area (Å²) >= 11 is 0. The van der Waals surface area contributed by atoms with Gasteiger partial charge in [0.2, 0.25) is 0 Å². The number of hydrogen-bond donors (Lipinski definition) is 1. The number of amides is 1. The minimum absolute atomic E-state index is 0.257. The van der Waals surface area contributed by atoms with Gasteiger partial charge in [-0.25, -0.2) is 4.68 Å². The summed E-state index contributed by atoms with van der Waals surface area (Å²) in [5.41, 5.74) is 2.23. The van der Waals surface area contributed by atoms with E-state index in [0.29, 0.717) is 18.7 Å². The molecule has 150 valence electrons. The summed E-state index contributed by atoms with van der Waals surface area (Å²) in [4.78, 5) is 25.8. The van der Waals surface area contributed by atoms with Gasteiger partial charge in [-0.15, -0.1) is 0 Å². The van der Waals surface area contributed by atoms with Crippen LogP contribution in [0.4, 0.5) is 5.69 Å². The Labute approximate surface area is 168 Å². The van der Waals surface area contributed by atoms with E-state index >= 15 is 0 Å². The van der Waals surface area contributed by atoms with E-state index in [1.54, 1.807) is 18.7 Å². The monoisotopic (exact) mass is 393 g/mol. The first-order chi connectivity index (χ1) is 14.1. The van der Waals surface area contributed by atoms with Crippen molar-refractivity contribution in [3.8, 4) is 5.69 Å². The van der Waals surface area contributed by atoms with Crippen LogP contribution in [0, 0.1) is 6.92 Å². The highest BCUT2D eigenvalue weighted by molar-refractivity contribution is 5.94. The van der Waals surface area contributed by atoms with Crippen molar-refractivity contribution in [2.24, 2.45) is 7.05 Å². The highest BCUT2D eigenvalue weighted by Gasteiger charge is 2.30. The van der Waals surface area contributed by atoms with Crippen molar-refractivity contribution < 1.29 is 14.3 Å². The van der Waals surface area contributed by atoms with Crippen LogP contribution in [-0.2, 0) is 21.3 Å². The summed E-state index contributed by atoms with van der Waals surface area (Å²) in [6.45, 7) is 2.20. The Bertz CT molecular complexity index is 1060. The lowest BCUT2D eigenvalue weighted by molar-refractivity contribution is -0.214. The van der Waals surface area contributed by atoms with Crippen LogP contribution in [0.1, 0.15) is 24.0 Å². The number of para-hydroxylation sites is 1. The average molecular weight is 393 g/mol. The molecule has 0 unspecified atom stereocenters. The standard InChI is InChI=1S/C22H23N3O4/c1-15-19(21(27)25(24(15)2)17-11-7-4-8-12-17)23-20(26)18-13-14-28-22(29-18)16-9-5-3-6-10-16/h3-12,18,22H,13-14H2,1-2H3,(H,23,26)/t18-,22+/m1/s1. The first-order valence-corrected chi connectivity index (χ1v) is 9.53. The van der Waals surface area contributed by atoms with Crippen molar-refractivity contribution in [1.82, 2.24) is 9.36 Å². The maximum absolute atomic E-state index is 13.0. The normalized spacial score (nSPS) is 19.1. The predicted molar refractivity (Wildman–Crippen MR) is 109 cm³/mol. The number of benzene rings is 2. The minimum Gasteiger partial charge on any atom is -0.348 e. The number of carbonyl (C=O) groups is 1. The smallest absolute Gasteiger partial charge is 0.295 e. The van der Waals surface area contributed by atoms with Gasteiger partial charge in [-0.1, -0.05) is 48.5 Å². The molecule has 4 rings (SSSR count). The van der Waals surface area contributed by atoms with Crippen molar-refractivity contribution in [3.63, 3.8) is 0 Å². The fourth-order valence-electron chi connectivity index (χ4n) is 3.43. The lowest BCUT2D eigenvalue weighted by Gasteiger charge is -2.29. The molecule has 2 atom stereocenters. The number of nitrogens with zero attached hydrogens (tertiary/aromatic N) is 2. The van der Waals surface area contributed by atoms with Gasteiger partial charge in [0.25, 0.3) is 11.5 Å². The molecule has 1 amide bonds. The van der Waals surface area contributed by atoms with Crippen LogP contribution < -0.4 is 10.9 Å². The molecule has 1 fully saturated rings. The van der Waals surface area contributed by atoms with E-state index in [2.05, 4.69) is 5.32 Å². The van der Waals surface area contributed by atoms with Crippen molar-refractivity contribution in [2.75, 3.05) is 11.9 Å². The molecule has 0 saturated carbocycles. The van der Waals surface area contributed by atoms with Crippen LogP contribution in [0.15, 0.2) is 65.5 Å². The number of carbonyl (C=O) groups excluding carboxylic acids is 1. The van der Waals surface area contributed by atoms with Gasteiger partial charge in [-0.2, -0.15) is 0 Å². The third-order valence-electron chi connectivity index (χ3n) is 5.10. The molecule has 0 radical (unpaired) electrons. The first-order valence-electron chi connectivity index (χ1n) is 9.53. The van der Waals surface area contributed by atoms with Crippen molar-refractivity contribution in [2.45, 2.75) is 25.7 Å². The molecule has 7 heteroatoms. The van der Waals surface area contributed by atoms with Crippen LogP contribution in [0.25, 0.3) is 5.69 Å². The number of hydrogen-bond acceptors (Lipinski definition) is 4. The van der Waals surface area contributed by atoms with Gasteiger partial charge in [0.05, 0.1) is 18.0 Å². The lowest BCUT2D eigenvalue weighted by Crippen LogP contribution is -2.38. The number of aromatic nitrogens is 2. The molecular weight excluding hydrogens is 370 g/mol. The molecule has 3 aromatic rings. The maximum Gasteiger partial charge on any atom is 0.295 e. The van der Waals surface area contributed by atoms with Gasteiger partial charge < -0.3 is 14.8 Å². The third kappa shape index (κ3) is 3.74. The molecule has 0 bridgehead atoms. The van der Waals surface area contributed by atoms with Crippen molar-refractivity contribution >= 4 is 11.6 Å². The second-order valence-corrected chi connectivity index (χ2v) is 6.95. The molecule has 1 aliphatic rings. The van der Waals surface area contributed by atoms with Crippen LogP contribution in [0.2, 0.25) is 0 Å². The fraction of sp³-hybridized carbons (Fsp3) is 0.273. The molecule has 1 aliphatic heterocycles. The summed E-state index contributed by atoms with van der Waals surface area (Å²) in [5.74, 6) is -0.347. The van der Waals surface area contributed by atoms with Crippen LogP contribution in [0.5, 0.6) is 0 Å². The Balaban J connectivity index is 1.55. The summed E-state index contributed by atoms with van der Waals surface area (Å²) in [6.07, 6.45) is -0.870. The van der Waals surface area contributed by atoms with E-state index in [9.17, 15) is 9.59 Å². The van der Waals surface area contributed by atoms with Gasteiger partial charge in [-0.3, -0.25) is 14.3 Å². The Kier molecular flexibility index (Phi) is 5.33. The molecule has 1 N–H and O–H groups in total. The molecule has 0 spiro atoms. The van der Waals surface area contributed by atoms with Gasteiger partial charge in [0, 0.05) is 19.0 Å². The van der Waals surface area contributed by atoms with Crippen LogP contribution in [0.3, 0.4) is 0 Å². The van der Waals surface area contributed by atoms with Crippen LogP contribution >= 0.6 is 0 Å². The van der Waals surface area contributed by atoms with E-state index in [1.165, 1.54) is 4.68 Å². The van der Waals surface area contributed by atoms with E-state index in [-0.39, 0.29) is 17.2 Å². The summed E-state index contributed by atoms with van der Waals surface area (Å²) in [5, 5.41) is 2.78. The highest BCUT2D eigenvalue weighted by atomic mass is 16.7. The molecule has 29 heavy (non-hydrogen) atoms. The zero-order valence-electron chi connectivity index (χ0n) is 16.4. The highest BCUT2D eigenvalue weighted by Crippen LogP contribution is 2.27. The molecule has 7 nitrogen and oxygen atoms in total. The first kappa shape index (κ1) is 19.2. The number of nitrogens with one attached hydrogen (secondary N) is 1. The largest absolute Gasteiger partial charge is 0.348 e. The second-order valence-electron chi connectivity index (χ2n) is 6.95. The maximum atomic E-state index is 13.0. The summed E-state index contributed by atoms with van der Waals surface area (Å²) in [6, 6.07) is 18.8. The minimum atomic E-state index is -0.696. The molecule has 2 aromatic carbocycles. The summed E-state index contributed by atoms with van der Waals surface area (Å²) < 4.78 is 14.8. The lowest BCUT2D eigenvalue weighted by atomic mass is 10.1. The van der Waals surface area contributed by atoms with Gasteiger partial charge in [0.15, 0.2) is 6.29 Å². The fourth-order valence-corrected chi connectivity index (χ4v) is 3.43. The van der Waals surface area contributed by atoms with Gasteiger partial charge >= 0.3 is 0 Å². The van der Waals surface area contributed by atoms with E-state index in [0.717, 1.165) is 11.3 Å². The predicted octanol–water partition coefficient (Wildman–Crippen LogP) is 2.93. The zero-order valence-corrected chi connectivity index (χ0v) is 16.4. The topological polar surface area (TPSA) is 74.5 Å². The average Bonchev–Trinajstić information content (AvgIpc) is 2.98. The SMILES string of the molecule is Cc1c(NC(=O)[C@H]2CCO[C@H](c3ccccc3)O2)c(=O)n(-c2ccccc2)n1C. The third-order valence-corrected chi connectivity index (χ3v) is 5.10. The number of anilines is 1. The Hall–Kier alpha value is -3.16. The zero-order chi connectivity index (χ0) is 20.4. The second kappa shape index (κ2) is 8.06. The van der Waals surface area contributed by atoms with Crippen molar-refractivity contribution in [1.29, 1.82) is 0 Å². The van der Waals surface area contributed by atoms with Gasteiger partial charge in [0.1, 0.15) is 11.8 Å². The van der Waals surface area contributed by atoms with Crippen molar-refractivity contribution in [3.05, 3.63) is 82.3 Å². The Morgan fingerprint density at radius 1 is 1.07 bits per heavy atom. The molecule has 1 aromatic heterocycles. The van der Waals surface area contributed by atoms with Gasteiger partial charge in [-0.05, 0) is 19.1 Å². The van der Waals surface area contributed by atoms with E-state index in [4.69, 9.17) is 9.47 Å². The molecular formula is C22H23N3O4. The number of ether oxygens (including phenoxy) is 2. The van der Waals surface area contributed by atoms with E-state index < -0.39 is 12.4 Å². The van der Waals surface area contributed by atoms with E-state index in [1.807, 2.05) is 60.7 Å². The molecule has 0 aliphatic carbocycles. The quantitative estimate of drug-likeness (QED) is 0.740. The Morgan fingerprint density at radius 3 is 2.41 bits per heavy atom. The van der Waals surface area contributed by atoms with Crippen LogP contribution in [-0.4, -0.2) is 28.0 Å². The Morgan fingerprint density at radius 2 is 1.72 bits per heavy atom. The molecule has 1 saturated heterocycles. The number of rotatable bonds is 4. The summed E-state index contributed by atoms with van der Waals surface area (Å²) in [7, 11) is 1.79. The molecule has 2 heterocycles.